The van der Waals surface area contributed by atoms with E-state index in [9.17, 15) is 4.39 Å². The predicted octanol–water partition coefficient (Wildman–Crippen LogP) is 5.80. The summed E-state index contributed by atoms with van der Waals surface area (Å²) < 4.78 is 19.3. The Bertz CT molecular complexity index is 764. The molecule has 132 valence electrons. The third-order valence-electron chi connectivity index (χ3n) is 6.54. The molecule has 4 heteroatoms. The van der Waals surface area contributed by atoms with E-state index in [2.05, 4.69) is 5.32 Å². The molecule has 0 saturated heterocycles. The van der Waals surface area contributed by atoms with Gasteiger partial charge in [0.05, 0.1) is 11.6 Å². The van der Waals surface area contributed by atoms with Crippen molar-refractivity contribution in [2.45, 2.75) is 50.6 Å². The van der Waals surface area contributed by atoms with Crippen molar-refractivity contribution in [3.05, 3.63) is 46.9 Å². The first-order valence-corrected chi connectivity index (χ1v) is 9.75. The van der Waals surface area contributed by atoms with E-state index in [1.54, 1.807) is 12.1 Å². The molecule has 2 aromatic rings. The fraction of sp³-hybridized carbons (Fsp3) is 0.524. The fourth-order valence-corrected chi connectivity index (χ4v) is 6.06. The van der Waals surface area contributed by atoms with E-state index >= 15 is 0 Å². The van der Waals surface area contributed by atoms with E-state index in [1.807, 2.05) is 12.1 Å². The highest BCUT2D eigenvalue weighted by Crippen LogP contribution is 2.55. The summed E-state index contributed by atoms with van der Waals surface area (Å²) in [6.45, 7) is 0.765. The van der Waals surface area contributed by atoms with E-state index in [0.29, 0.717) is 5.54 Å². The highest BCUT2D eigenvalue weighted by atomic mass is 35.5. The Balaban J connectivity index is 1.29. The summed E-state index contributed by atoms with van der Waals surface area (Å²) in [6.07, 6.45) is 8.37. The van der Waals surface area contributed by atoms with Crippen LogP contribution in [-0.2, 0) is 6.54 Å². The van der Waals surface area contributed by atoms with Crippen molar-refractivity contribution in [3.63, 3.8) is 0 Å². The van der Waals surface area contributed by atoms with Crippen molar-refractivity contribution in [1.29, 1.82) is 0 Å². The molecule has 0 atom stereocenters. The molecule has 0 amide bonds. The molecule has 4 aliphatic rings. The standard InChI is InChI=1S/C21H23ClFNO/c22-18-8-16(1-3-19(18)23)20-4-2-17(25-20)12-24-21-9-13-5-14(10-21)7-15(6-13)11-21/h1-4,8,13-15,24H,5-7,9-12H2. The Morgan fingerprint density at radius 1 is 1.04 bits per heavy atom. The normalized spacial score (nSPS) is 33.1. The maximum Gasteiger partial charge on any atom is 0.141 e. The lowest BCUT2D eigenvalue weighted by Gasteiger charge is -2.57. The van der Waals surface area contributed by atoms with Gasteiger partial charge in [0.2, 0.25) is 0 Å². The largest absolute Gasteiger partial charge is 0.460 e. The van der Waals surface area contributed by atoms with Gasteiger partial charge in [-0.05, 0) is 86.6 Å². The maximum atomic E-state index is 13.3. The van der Waals surface area contributed by atoms with Crippen LogP contribution in [0.3, 0.4) is 0 Å². The number of hydrogen-bond acceptors (Lipinski definition) is 2. The van der Waals surface area contributed by atoms with E-state index in [4.69, 9.17) is 16.0 Å². The number of benzene rings is 1. The second-order valence-corrected chi connectivity index (χ2v) is 8.85. The quantitative estimate of drug-likeness (QED) is 0.746. The highest BCUT2D eigenvalue weighted by molar-refractivity contribution is 6.31. The fourth-order valence-electron chi connectivity index (χ4n) is 5.88. The molecule has 0 spiro atoms. The summed E-state index contributed by atoms with van der Waals surface area (Å²) in [5, 5.41) is 3.98. The number of furan rings is 1. The van der Waals surface area contributed by atoms with E-state index < -0.39 is 5.82 Å². The van der Waals surface area contributed by atoms with E-state index in [-0.39, 0.29) is 5.02 Å². The van der Waals surface area contributed by atoms with Crippen molar-refractivity contribution < 1.29 is 8.81 Å². The first-order chi connectivity index (χ1) is 12.1. The van der Waals surface area contributed by atoms with Gasteiger partial charge in [0, 0.05) is 11.1 Å². The second-order valence-electron chi connectivity index (χ2n) is 8.45. The van der Waals surface area contributed by atoms with Gasteiger partial charge in [-0.1, -0.05) is 11.6 Å². The van der Waals surface area contributed by atoms with Gasteiger partial charge < -0.3 is 9.73 Å². The zero-order valence-corrected chi connectivity index (χ0v) is 15.0. The minimum absolute atomic E-state index is 0.127. The number of hydrogen-bond donors (Lipinski definition) is 1. The zero-order chi connectivity index (χ0) is 17.0. The minimum Gasteiger partial charge on any atom is -0.460 e. The smallest absolute Gasteiger partial charge is 0.141 e. The van der Waals surface area contributed by atoms with Crippen molar-refractivity contribution in [2.24, 2.45) is 17.8 Å². The van der Waals surface area contributed by atoms with Gasteiger partial charge >= 0.3 is 0 Å². The van der Waals surface area contributed by atoms with Gasteiger partial charge in [0.1, 0.15) is 17.3 Å². The maximum absolute atomic E-state index is 13.3. The van der Waals surface area contributed by atoms with E-state index in [0.717, 1.165) is 41.4 Å². The Labute approximate surface area is 152 Å². The number of nitrogens with one attached hydrogen (secondary N) is 1. The first kappa shape index (κ1) is 15.9. The third kappa shape index (κ3) is 2.92. The van der Waals surface area contributed by atoms with Crippen LogP contribution >= 0.6 is 11.6 Å². The lowest BCUT2D eigenvalue weighted by atomic mass is 9.53. The van der Waals surface area contributed by atoms with Crippen LogP contribution in [0.1, 0.15) is 44.3 Å². The Morgan fingerprint density at radius 3 is 2.36 bits per heavy atom. The zero-order valence-electron chi connectivity index (χ0n) is 14.2. The molecule has 1 aromatic heterocycles. The van der Waals surface area contributed by atoms with Crippen LogP contribution < -0.4 is 5.32 Å². The topological polar surface area (TPSA) is 25.2 Å². The lowest BCUT2D eigenvalue weighted by molar-refractivity contribution is -0.0213. The number of halogens is 2. The molecule has 25 heavy (non-hydrogen) atoms. The third-order valence-corrected chi connectivity index (χ3v) is 6.83. The van der Waals surface area contributed by atoms with Crippen LogP contribution in [0.15, 0.2) is 34.7 Å². The molecule has 0 radical (unpaired) electrons. The van der Waals surface area contributed by atoms with Crippen molar-refractivity contribution in [1.82, 2.24) is 5.32 Å². The average molecular weight is 360 g/mol. The van der Waals surface area contributed by atoms with E-state index in [1.165, 1.54) is 44.6 Å². The van der Waals surface area contributed by atoms with Gasteiger partial charge in [-0.2, -0.15) is 0 Å². The molecule has 0 unspecified atom stereocenters. The molecule has 1 aromatic carbocycles. The molecular formula is C21H23ClFNO. The van der Waals surface area contributed by atoms with Gasteiger partial charge in [-0.25, -0.2) is 4.39 Å². The summed E-state index contributed by atoms with van der Waals surface area (Å²) in [6, 6.07) is 8.66. The minimum atomic E-state index is -0.402. The molecule has 4 aliphatic carbocycles. The van der Waals surface area contributed by atoms with Gasteiger partial charge in [-0.3, -0.25) is 0 Å². The summed E-state index contributed by atoms with van der Waals surface area (Å²) in [4.78, 5) is 0. The highest BCUT2D eigenvalue weighted by Gasteiger charge is 2.50. The van der Waals surface area contributed by atoms with Gasteiger partial charge in [0.15, 0.2) is 0 Å². The lowest BCUT2D eigenvalue weighted by Crippen LogP contribution is -2.58. The van der Waals surface area contributed by atoms with Crippen LogP contribution in [0.5, 0.6) is 0 Å². The molecule has 4 saturated carbocycles. The Morgan fingerprint density at radius 2 is 1.72 bits per heavy atom. The average Bonchev–Trinajstić information content (AvgIpc) is 3.03. The van der Waals surface area contributed by atoms with Gasteiger partial charge in [-0.15, -0.1) is 0 Å². The van der Waals surface area contributed by atoms with Crippen LogP contribution in [0.25, 0.3) is 11.3 Å². The monoisotopic (exact) mass is 359 g/mol. The second kappa shape index (κ2) is 5.85. The molecule has 4 bridgehead atoms. The van der Waals surface area contributed by atoms with Gasteiger partial charge in [0.25, 0.3) is 0 Å². The molecule has 2 nitrogen and oxygen atoms in total. The summed E-state index contributed by atoms with van der Waals surface area (Å²) >= 11 is 5.88. The van der Waals surface area contributed by atoms with Crippen LogP contribution in [0, 0.1) is 23.6 Å². The van der Waals surface area contributed by atoms with Crippen LogP contribution in [0.4, 0.5) is 4.39 Å². The molecule has 1 N–H and O–H groups in total. The Kier molecular flexibility index (Phi) is 3.72. The molecule has 4 fully saturated rings. The summed E-state index contributed by atoms with van der Waals surface area (Å²) in [5.74, 6) is 4.09. The van der Waals surface area contributed by atoms with Crippen LogP contribution in [-0.4, -0.2) is 5.54 Å². The van der Waals surface area contributed by atoms with Crippen molar-refractivity contribution in [2.75, 3.05) is 0 Å². The summed E-state index contributed by atoms with van der Waals surface area (Å²) in [7, 11) is 0. The molecule has 0 aliphatic heterocycles. The Hall–Kier alpha value is -1.32. The molecular weight excluding hydrogens is 337 g/mol. The SMILES string of the molecule is Fc1ccc(-c2ccc(CNC34CC5CC(CC(C5)C3)C4)o2)cc1Cl. The molecule has 6 rings (SSSR count). The summed E-state index contributed by atoms with van der Waals surface area (Å²) in [5.41, 5.74) is 1.15. The molecule has 1 heterocycles. The first-order valence-electron chi connectivity index (χ1n) is 9.38. The predicted molar refractivity (Wildman–Crippen MR) is 96.9 cm³/mol. The van der Waals surface area contributed by atoms with Crippen molar-refractivity contribution in [3.8, 4) is 11.3 Å². The van der Waals surface area contributed by atoms with Crippen LogP contribution in [0.2, 0.25) is 5.02 Å². The number of rotatable bonds is 4. The van der Waals surface area contributed by atoms with Crippen molar-refractivity contribution >= 4 is 11.6 Å².